The van der Waals surface area contributed by atoms with E-state index in [0.717, 1.165) is 9.13 Å². The van der Waals surface area contributed by atoms with E-state index in [0.29, 0.717) is 0 Å². The van der Waals surface area contributed by atoms with Gasteiger partial charge in [0.15, 0.2) is 0 Å². The molecule has 0 atom stereocenters. The first-order valence-electron chi connectivity index (χ1n) is 4.41. The highest BCUT2D eigenvalue weighted by molar-refractivity contribution is 5.67. The van der Waals surface area contributed by atoms with Crippen LogP contribution in [0.4, 0.5) is 5.95 Å². The van der Waals surface area contributed by atoms with Crippen LogP contribution in [0.3, 0.4) is 0 Å². The van der Waals surface area contributed by atoms with Gasteiger partial charge in [0, 0.05) is 21.1 Å². The first-order chi connectivity index (χ1) is 7.34. The second kappa shape index (κ2) is 4.17. The van der Waals surface area contributed by atoms with Gasteiger partial charge in [-0.1, -0.05) is 0 Å². The number of carboxylic acid groups (broad SMARTS) is 1. The molecule has 0 saturated carbocycles. The van der Waals surface area contributed by atoms with Gasteiger partial charge in [-0.25, -0.2) is 14.2 Å². The van der Waals surface area contributed by atoms with Crippen LogP contribution < -0.4 is 16.3 Å². The third-order valence-corrected chi connectivity index (χ3v) is 1.94. The Morgan fingerprint density at radius 1 is 1.44 bits per heavy atom. The lowest BCUT2D eigenvalue weighted by molar-refractivity contribution is -0.137. The molecular formula is C8H12N4O4. The predicted octanol–water partition coefficient (Wildman–Crippen LogP) is -1.91. The van der Waals surface area contributed by atoms with Crippen LogP contribution in [0.1, 0.15) is 0 Å². The van der Waals surface area contributed by atoms with Crippen LogP contribution >= 0.6 is 0 Å². The van der Waals surface area contributed by atoms with Crippen LogP contribution in [0, 0.1) is 0 Å². The number of aromatic nitrogens is 3. The fraction of sp³-hybridized carbons (Fsp3) is 0.500. The molecular weight excluding hydrogens is 216 g/mol. The summed E-state index contributed by atoms with van der Waals surface area (Å²) in [6.07, 6.45) is 0. The van der Waals surface area contributed by atoms with Crippen LogP contribution in [-0.4, -0.2) is 39.3 Å². The molecule has 0 saturated heterocycles. The highest BCUT2D eigenvalue weighted by Crippen LogP contribution is 2.00. The normalized spacial score (nSPS) is 10.2. The first-order valence-corrected chi connectivity index (χ1v) is 4.41. The average molecular weight is 228 g/mol. The maximum atomic E-state index is 11.6. The van der Waals surface area contributed by atoms with E-state index in [1.54, 1.807) is 14.1 Å². The summed E-state index contributed by atoms with van der Waals surface area (Å²) in [5.74, 6) is -1.15. The largest absolute Gasteiger partial charge is 0.480 e. The Kier molecular flexibility index (Phi) is 3.11. The van der Waals surface area contributed by atoms with E-state index in [4.69, 9.17) is 5.11 Å². The monoisotopic (exact) mass is 228 g/mol. The summed E-state index contributed by atoms with van der Waals surface area (Å²) in [5, 5.41) is 8.66. The van der Waals surface area contributed by atoms with Crippen molar-refractivity contribution in [1.82, 2.24) is 14.1 Å². The maximum absolute atomic E-state index is 11.6. The van der Waals surface area contributed by atoms with Crippen molar-refractivity contribution in [1.29, 1.82) is 0 Å². The fourth-order valence-corrected chi connectivity index (χ4v) is 1.18. The molecule has 0 bridgehead atoms. The Morgan fingerprint density at radius 2 is 2.00 bits per heavy atom. The standard InChI is InChI=1S/C8H12N4O4/c1-10(2)6-9-7(15)11(3)8(16)12(6)4-5(13)14/h4H2,1-3H3,(H,13,14). The zero-order chi connectivity index (χ0) is 12.5. The van der Waals surface area contributed by atoms with Gasteiger partial charge in [0.25, 0.3) is 0 Å². The van der Waals surface area contributed by atoms with Gasteiger partial charge in [-0.3, -0.25) is 9.36 Å². The molecule has 1 heterocycles. The fourth-order valence-electron chi connectivity index (χ4n) is 1.18. The summed E-state index contributed by atoms with van der Waals surface area (Å²) >= 11 is 0. The van der Waals surface area contributed by atoms with Gasteiger partial charge in [-0.2, -0.15) is 4.98 Å². The molecule has 1 rings (SSSR count). The lowest BCUT2D eigenvalue weighted by Crippen LogP contribution is -2.43. The number of anilines is 1. The highest BCUT2D eigenvalue weighted by atomic mass is 16.4. The molecule has 1 aromatic rings. The molecule has 0 aliphatic carbocycles. The quantitative estimate of drug-likeness (QED) is 0.648. The number of carbonyl (C=O) groups is 1. The topological polar surface area (TPSA) is 97.4 Å². The molecule has 0 unspecified atom stereocenters. The summed E-state index contributed by atoms with van der Waals surface area (Å²) in [6, 6.07) is 0. The van der Waals surface area contributed by atoms with Gasteiger partial charge >= 0.3 is 17.3 Å². The van der Waals surface area contributed by atoms with Crippen LogP contribution in [0.2, 0.25) is 0 Å². The number of hydrogen-bond acceptors (Lipinski definition) is 5. The summed E-state index contributed by atoms with van der Waals surface area (Å²) in [6.45, 7) is -0.534. The van der Waals surface area contributed by atoms with Crippen molar-refractivity contribution in [2.75, 3.05) is 19.0 Å². The number of aliphatic carboxylic acids is 1. The van der Waals surface area contributed by atoms with E-state index in [-0.39, 0.29) is 5.95 Å². The minimum absolute atomic E-state index is 0.0236. The van der Waals surface area contributed by atoms with Gasteiger partial charge < -0.3 is 10.0 Å². The number of carboxylic acids is 1. The van der Waals surface area contributed by atoms with Crippen LogP contribution in [0.25, 0.3) is 0 Å². The Hall–Kier alpha value is -2.12. The molecule has 0 aliphatic heterocycles. The molecule has 0 radical (unpaired) electrons. The van der Waals surface area contributed by atoms with E-state index in [1.165, 1.54) is 11.9 Å². The van der Waals surface area contributed by atoms with Crippen molar-refractivity contribution in [3.05, 3.63) is 21.0 Å². The smallest absolute Gasteiger partial charge is 0.354 e. The van der Waals surface area contributed by atoms with Crippen LogP contribution in [0.15, 0.2) is 9.59 Å². The van der Waals surface area contributed by atoms with E-state index in [2.05, 4.69) is 4.98 Å². The lowest BCUT2D eigenvalue weighted by Gasteiger charge is -2.16. The Labute approximate surface area is 90.4 Å². The summed E-state index contributed by atoms with van der Waals surface area (Å²) in [5.41, 5.74) is -1.42. The van der Waals surface area contributed by atoms with E-state index >= 15 is 0 Å². The third kappa shape index (κ3) is 2.10. The van der Waals surface area contributed by atoms with Crippen LogP contribution in [-0.2, 0) is 18.4 Å². The molecule has 0 amide bonds. The molecule has 0 aliphatic rings. The molecule has 1 aromatic heterocycles. The number of hydrogen-bond donors (Lipinski definition) is 1. The Bertz CT molecular complexity index is 528. The van der Waals surface area contributed by atoms with Gasteiger partial charge in [-0.05, 0) is 0 Å². The Morgan fingerprint density at radius 3 is 2.44 bits per heavy atom. The van der Waals surface area contributed by atoms with Gasteiger partial charge in [0.2, 0.25) is 5.95 Å². The summed E-state index contributed by atoms with van der Waals surface area (Å²) in [7, 11) is 4.38. The van der Waals surface area contributed by atoms with Crippen molar-refractivity contribution < 1.29 is 9.90 Å². The second-order valence-electron chi connectivity index (χ2n) is 3.41. The van der Waals surface area contributed by atoms with Crippen molar-refractivity contribution in [2.45, 2.75) is 6.54 Å². The highest BCUT2D eigenvalue weighted by Gasteiger charge is 2.14. The van der Waals surface area contributed by atoms with Crippen LogP contribution in [0.5, 0.6) is 0 Å². The van der Waals surface area contributed by atoms with Crippen molar-refractivity contribution >= 4 is 11.9 Å². The van der Waals surface area contributed by atoms with Crippen molar-refractivity contribution in [3.8, 4) is 0 Å². The molecule has 1 N–H and O–H groups in total. The summed E-state index contributed by atoms with van der Waals surface area (Å²) in [4.78, 5) is 38.5. The predicted molar refractivity (Wildman–Crippen MR) is 55.7 cm³/mol. The van der Waals surface area contributed by atoms with Gasteiger partial charge in [0.1, 0.15) is 6.54 Å². The zero-order valence-electron chi connectivity index (χ0n) is 9.17. The molecule has 0 spiro atoms. The van der Waals surface area contributed by atoms with Crippen molar-refractivity contribution in [3.63, 3.8) is 0 Å². The first kappa shape index (κ1) is 12.0. The maximum Gasteiger partial charge on any atom is 0.354 e. The van der Waals surface area contributed by atoms with Crippen molar-refractivity contribution in [2.24, 2.45) is 7.05 Å². The molecule has 0 fully saturated rings. The average Bonchev–Trinajstić information content (AvgIpc) is 2.17. The molecule has 16 heavy (non-hydrogen) atoms. The third-order valence-electron chi connectivity index (χ3n) is 1.94. The zero-order valence-corrected chi connectivity index (χ0v) is 9.17. The lowest BCUT2D eigenvalue weighted by atomic mass is 10.6. The molecule has 0 aromatic carbocycles. The van der Waals surface area contributed by atoms with E-state index in [1.807, 2.05) is 0 Å². The van der Waals surface area contributed by atoms with E-state index < -0.39 is 23.9 Å². The Balaban J connectivity index is 3.54. The second-order valence-corrected chi connectivity index (χ2v) is 3.41. The number of nitrogens with zero attached hydrogens (tertiary/aromatic N) is 4. The van der Waals surface area contributed by atoms with E-state index in [9.17, 15) is 14.4 Å². The minimum atomic E-state index is -1.18. The minimum Gasteiger partial charge on any atom is -0.480 e. The SMILES string of the molecule is CN(C)c1nc(=O)n(C)c(=O)n1CC(=O)O. The molecule has 8 heteroatoms. The molecule has 88 valence electrons. The molecule has 8 nitrogen and oxygen atoms in total. The summed E-state index contributed by atoms with van der Waals surface area (Å²) < 4.78 is 1.68. The number of rotatable bonds is 3. The van der Waals surface area contributed by atoms with Gasteiger partial charge in [0.05, 0.1) is 0 Å². The van der Waals surface area contributed by atoms with Gasteiger partial charge in [-0.15, -0.1) is 0 Å².